The Bertz CT molecular complexity index is 1010. The van der Waals surface area contributed by atoms with Crippen LogP contribution < -0.4 is 0 Å². The molecule has 4 rings (SSSR count). The minimum Gasteiger partial charge on any atom is -0.411 e. The molecule has 0 aliphatic carbocycles. The molecule has 1 aromatic carbocycles. The van der Waals surface area contributed by atoms with Crippen LogP contribution in [-0.2, 0) is 5.75 Å². The first kappa shape index (κ1) is 17.4. The summed E-state index contributed by atoms with van der Waals surface area (Å²) in [6, 6.07) is 11.8. The van der Waals surface area contributed by atoms with Crippen LogP contribution in [0.25, 0.3) is 22.8 Å². The maximum absolute atomic E-state index is 5.64. The summed E-state index contributed by atoms with van der Waals surface area (Å²) in [5, 5.41) is 12.6. The third-order valence-corrected chi connectivity index (χ3v) is 4.76. The molecule has 0 amide bonds. The number of benzene rings is 1. The highest BCUT2D eigenvalue weighted by atomic mass is 32.2. The first-order valence-corrected chi connectivity index (χ1v) is 9.47. The highest BCUT2D eigenvalue weighted by Crippen LogP contribution is 2.26. The molecule has 0 spiro atoms. The van der Waals surface area contributed by atoms with E-state index in [2.05, 4.69) is 51.3 Å². The van der Waals surface area contributed by atoms with Crippen LogP contribution in [0.1, 0.15) is 31.2 Å². The summed E-state index contributed by atoms with van der Waals surface area (Å²) in [6.45, 7) is 4.33. The molecular formula is C19H17N5O2S. The molecule has 3 heterocycles. The average molecular weight is 379 g/mol. The topological polar surface area (TPSA) is 90.7 Å². The van der Waals surface area contributed by atoms with E-state index in [0.717, 1.165) is 11.1 Å². The average Bonchev–Trinajstić information content (AvgIpc) is 3.37. The molecule has 0 bridgehead atoms. The lowest BCUT2D eigenvalue weighted by atomic mass is 10.0. The van der Waals surface area contributed by atoms with Crippen molar-refractivity contribution in [1.82, 2.24) is 25.3 Å². The van der Waals surface area contributed by atoms with Gasteiger partial charge in [0.25, 0.3) is 5.22 Å². The number of pyridine rings is 1. The Morgan fingerprint density at radius 1 is 0.963 bits per heavy atom. The van der Waals surface area contributed by atoms with Crippen molar-refractivity contribution in [3.63, 3.8) is 0 Å². The van der Waals surface area contributed by atoms with Gasteiger partial charge in [-0.2, -0.15) is 4.98 Å². The first-order chi connectivity index (χ1) is 13.2. The summed E-state index contributed by atoms with van der Waals surface area (Å²) in [5.41, 5.74) is 3.03. The van der Waals surface area contributed by atoms with E-state index in [0.29, 0.717) is 34.5 Å². The van der Waals surface area contributed by atoms with Gasteiger partial charge in [0.2, 0.25) is 17.6 Å². The smallest absolute Gasteiger partial charge is 0.277 e. The molecule has 27 heavy (non-hydrogen) atoms. The molecule has 4 aromatic rings. The molecule has 3 aromatic heterocycles. The highest BCUT2D eigenvalue weighted by Gasteiger charge is 2.13. The van der Waals surface area contributed by atoms with E-state index in [4.69, 9.17) is 8.94 Å². The van der Waals surface area contributed by atoms with Crippen molar-refractivity contribution < 1.29 is 8.94 Å². The monoisotopic (exact) mass is 379 g/mol. The Labute approximate surface area is 160 Å². The van der Waals surface area contributed by atoms with Crippen molar-refractivity contribution in [3.8, 4) is 22.8 Å². The lowest BCUT2D eigenvalue weighted by Crippen LogP contribution is -1.88. The molecule has 0 aliphatic rings. The van der Waals surface area contributed by atoms with Crippen LogP contribution in [0.2, 0.25) is 0 Å². The quantitative estimate of drug-likeness (QED) is 0.449. The van der Waals surface area contributed by atoms with Crippen LogP contribution in [-0.4, -0.2) is 25.3 Å². The van der Waals surface area contributed by atoms with Gasteiger partial charge in [0.05, 0.1) is 5.75 Å². The third-order valence-electron chi connectivity index (χ3n) is 3.96. The summed E-state index contributed by atoms with van der Waals surface area (Å²) >= 11 is 1.35. The van der Waals surface area contributed by atoms with Gasteiger partial charge in [-0.15, -0.1) is 10.2 Å². The Balaban J connectivity index is 1.41. The lowest BCUT2D eigenvalue weighted by Gasteiger charge is -2.04. The predicted molar refractivity (Wildman–Crippen MR) is 101 cm³/mol. The van der Waals surface area contributed by atoms with Crippen molar-refractivity contribution in [2.24, 2.45) is 0 Å². The normalized spacial score (nSPS) is 11.2. The Morgan fingerprint density at radius 3 is 2.48 bits per heavy atom. The minimum absolute atomic E-state index is 0.447. The van der Waals surface area contributed by atoms with E-state index in [1.165, 1.54) is 17.3 Å². The van der Waals surface area contributed by atoms with Gasteiger partial charge >= 0.3 is 0 Å². The van der Waals surface area contributed by atoms with Crippen LogP contribution in [0.4, 0.5) is 0 Å². The number of hydrogen-bond donors (Lipinski definition) is 0. The zero-order valence-corrected chi connectivity index (χ0v) is 15.7. The van der Waals surface area contributed by atoms with Crippen LogP contribution >= 0.6 is 11.8 Å². The molecule has 8 heteroatoms. The van der Waals surface area contributed by atoms with Gasteiger partial charge < -0.3 is 8.94 Å². The number of nitrogens with zero attached hydrogens (tertiary/aromatic N) is 5. The lowest BCUT2D eigenvalue weighted by molar-refractivity contribution is 0.391. The SMILES string of the molecule is CC(C)c1ccc(-c2noc(CSc3nnc(-c4ccncc4)o3)n2)cc1. The van der Waals surface area contributed by atoms with Crippen molar-refractivity contribution in [3.05, 3.63) is 60.2 Å². The van der Waals surface area contributed by atoms with E-state index in [-0.39, 0.29) is 0 Å². The van der Waals surface area contributed by atoms with Crippen molar-refractivity contribution in [1.29, 1.82) is 0 Å². The van der Waals surface area contributed by atoms with E-state index in [1.54, 1.807) is 12.4 Å². The zero-order valence-electron chi connectivity index (χ0n) is 14.9. The molecule has 0 aliphatic heterocycles. The van der Waals surface area contributed by atoms with E-state index >= 15 is 0 Å². The molecular weight excluding hydrogens is 362 g/mol. The van der Waals surface area contributed by atoms with Crippen LogP contribution in [0.15, 0.2) is 63.0 Å². The first-order valence-electron chi connectivity index (χ1n) is 8.48. The number of aromatic nitrogens is 5. The molecule has 0 N–H and O–H groups in total. The van der Waals surface area contributed by atoms with Crippen LogP contribution in [0.5, 0.6) is 0 Å². The predicted octanol–water partition coefficient (Wildman–Crippen LogP) is 4.60. The molecule has 0 radical (unpaired) electrons. The van der Waals surface area contributed by atoms with E-state index in [9.17, 15) is 0 Å². The fourth-order valence-electron chi connectivity index (χ4n) is 2.45. The Hall–Kier alpha value is -3.00. The standard InChI is InChI=1S/C19H17N5O2S/c1-12(2)13-3-5-14(6-4-13)17-21-16(26-24-17)11-27-19-23-22-18(25-19)15-7-9-20-10-8-15/h3-10,12H,11H2,1-2H3. The van der Waals surface area contributed by atoms with Crippen molar-refractivity contribution in [2.45, 2.75) is 30.7 Å². The fraction of sp³-hybridized carbons (Fsp3) is 0.211. The number of hydrogen-bond acceptors (Lipinski definition) is 8. The van der Waals surface area contributed by atoms with E-state index in [1.807, 2.05) is 24.3 Å². The van der Waals surface area contributed by atoms with Crippen molar-refractivity contribution in [2.75, 3.05) is 0 Å². The molecule has 0 unspecified atom stereocenters. The van der Waals surface area contributed by atoms with E-state index < -0.39 is 0 Å². The van der Waals surface area contributed by atoms with Crippen molar-refractivity contribution >= 4 is 11.8 Å². The molecule has 0 saturated carbocycles. The van der Waals surface area contributed by atoms with Gasteiger partial charge in [0.15, 0.2) is 0 Å². The summed E-state index contributed by atoms with van der Waals surface area (Å²) < 4.78 is 11.0. The summed E-state index contributed by atoms with van der Waals surface area (Å²) in [5.74, 6) is 2.48. The second-order valence-corrected chi connectivity index (χ2v) is 7.11. The van der Waals surface area contributed by atoms with Gasteiger partial charge in [-0.1, -0.05) is 55.0 Å². The van der Waals surface area contributed by atoms with Gasteiger partial charge in [-0.05, 0) is 23.6 Å². The Kier molecular flexibility index (Phi) is 4.97. The summed E-state index contributed by atoms with van der Waals surface area (Å²) in [6.07, 6.45) is 3.36. The highest BCUT2D eigenvalue weighted by molar-refractivity contribution is 7.98. The molecule has 136 valence electrons. The van der Waals surface area contributed by atoms with Gasteiger partial charge in [0.1, 0.15) is 0 Å². The zero-order chi connectivity index (χ0) is 18.6. The number of thioether (sulfide) groups is 1. The second-order valence-electron chi connectivity index (χ2n) is 6.19. The third kappa shape index (κ3) is 4.06. The second kappa shape index (κ2) is 7.71. The maximum atomic E-state index is 5.64. The molecule has 7 nitrogen and oxygen atoms in total. The van der Waals surface area contributed by atoms with Crippen LogP contribution in [0.3, 0.4) is 0 Å². The fourth-order valence-corrected chi connectivity index (χ4v) is 3.05. The summed E-state index contributed by atoms with van der Waals surface area (Å²) in [4.78, 5) is 8.41. The van der Waals surface area contributed by atoms with Gasteiger partial charge in [-0.3, -0.25) is 4.98 Å². The van der Waals surface area contributed by atoms with Gasteiger partial charge in [-0.25, -0.2) is 0 Å². The molecule has 0 saturated heterocycles. The van der Waals surface area contributed by atoms with Gasteiger partial charge in [0, 0.05) is 23.5 Å². The largest absolute Gasteiger partial charge is 0.411 e. The molecule has 0 fully saturated rings. The molecule has 0 atom stereocenters. The Morgan fingerprint density at radius 2 is 1.74 bits per heavy atom. The maximum Gasteiger partial charge on any atom is 0.277 e. The minimum atomic E-state index is 0.447. The summed E-state index contributed by atoms with van der Waals surface area (Å²) in [7, 11) is 0. The number of rotatable bonds is 6. The van der Waals surface area contributed by atoms with Crippen LogP contribution in [0, 0.1) is 0 Å².